The molecular weight excluding hydrogens is 291 g/mol. The minimum Gasteiger partial charge on any atom is -0.479 e. The molecule has 0 saturated carbocycles. The fraction of sp³-hybridized carbons (Fsp3) is 0.950. The number of carboxylic acids is 1. The summed E-state index contributed by atoms with van der Waals surface area (Å²) in [6, 6.07) is 0. The smallest absolute Gasteiger partial charge is 0.338 e. The first-order valence-electron chi connectivity index (χ1n) is 10.0. The predicted molar refractivity (Wildman–Crippen MR) is 96.7 cm³/mol. The summed E-state index contributed by atoms with van der Waals surface area (Å²) in [6.07, 6.45) is 19.0. The van der Waals surface area contributed by atoms with E-state index in [1.165, 1.54) is 83.5 Å². The van der Waals surface area contributed by atoms with Crippen molar-refractivity contribution in [3.05, 3.63) is 0 Å². The average molecular weight is 331 g/mol. The Morgan fingerprint density at radius 3 is 1.30 bits per heavy atom. The largest absolute Gasteiger partial charge is 0.479 e. The maximum atomic E-state index is 12.8. The van der Waals surface area contributed by atoms with Crippen molar-refractivity contribution in [2.75, 3.05) is 0 Å². The lowest BCUT2D eigenvalue weighted by atomic mass is 10.0. The molecule has 0 aromatic carbocycles. The SMILES string of the molecule is CCCCCCCCCCCCCCCCCC[C@H](F)C(=O)O. The first kappa shape index (κ1) is 22.4. The molecule has 0 heterocycles. The van der Waals surface area contributed by atoms with Crippen molar-refractivity contribution in [3.63, 3.8) is 0 Å². The van der Waals surface area contributed by atoms with E-state index in [9.17, 15) is 9.18 Å². The molecule has 0 aliphatic carbocycles. The molecule has 0 spiro atoms. The molecule has 23 heavy (non-hydrogen) atoms. The van der Waals surface area contributed by atoms with Gasteiger partial charge >= 0.3 is 5.97 Å². The Bertz CT molecular complexity index is 256. The fourth-order valence-corrected chi connectivity index (χ4v) is 3.00. The maximum Gasteiger partial charge on any atom is 0.338 e. The molecule has 0 unspecified atom stereocenters. The summed E-state index contributed by atoms with van der Waals surface area (Å²) >= 11 is 0. The first-order valence-corrected chi connectivity index (χ1v) is 10.0. The van der Waals surface area contributed by atoms with E-state index in [0.717, 1.165) is 12.8 Å². The molecule has 1 N–H and O–H groups in total. The van der Waals surface area contributed by atoms with Crippen LogP contribution in [0.25, 0.3) is 0 Å². The molecule has 138 valence electrons. The van der Waals surface area contributed by atoms with Gasteiger partial charge in [-0.25, -0.2) is 9.18 Å². The first-order chi connectivity index (χ1) is 11.2. The number of unbranched alkanes of at least 4 members (excludes halogenated alkanes) is 15. The Kier molecular flexibility index (Phi) is 17.3. The number of carboxylic acid groups (broad SMARTS) is 1. The van der Waals surface area contributed by atoms with Crippen LogP contribution in [0.4, 0.5) is 4.39 Å². The van der Waals surface area contributed by atoms with Crippen LogP contribution in [0, 0.1) is 0 Å². The van der Waals surface area contributed by atoms with Gasteiger partial charge in [0.15, 0.2) is 6.17 Å². The van der Waals surface area contributed by atoms with Crippen molar-refractivity contribution >= 4 is 5.97 Å². The van der Waals surface area contributed by atoms with Crippen LogP contribution in [0.2, 0.25) is 0 Å². The normalized spacial score (nSPS) is 12.4. The molecule has 1 atom stereocenters. The van der Waals surface area contributed by atoms with Gasteiger partial charge in [0.25, 0.3) is 0 Å². The summed E-state index contributed by atoms with van der Waals surface area (Å²) < 4.78 is 12.8. The van der Waals surface area contributed by atoms with Gasteiger partial charge in [-0.1, -0.05) is 103 Å². The molecular formula is C20H39FO2. The molecule has 0 rings (SSSR count). The van der Waals surface area contributed by atoms with E-state index in [1.54, 1.807) is 0 Å². The zero-order chi connectivity index (χ0) is 17.2. The topological polar surface area (TPSA) is 37.3 Å². The highest BCUT2D eigenvalue weighted by Gasteiger charge is 2.13. The van der Waals surface area contributed by atoms with Crippen molar-refractivity contribution in [2.24, 2.45) is 0 Å². The van der Waals surface area contributed by atoms with Gasteiger partial charge in [0.2, 0.25) is 0 Å². The lowest BCUT2D eigenvalue weighted by molar-refractivity contribution is -0.143. The fourth-order valence-electron chi connectivity index (χ4n) is 3.00. The third-order valence-corrected chi connectivity index (χ3v) is 4.58. The van der Waals surface area contributed by atoms with Crippen molar-refractivity contribution in [1.82, 2.24) is 0 Å². The van der Waals surface area contributed by atoms with Crippen molar-refractivity contribution in [2.45, 2.75) is 122 Å². The zero-order valence-electron chi connectivity index (χ0n) is 15.3. The van der Waals surface area contributed by atoms with Gasteiger partial charge in [-0.05, 0) is 12.8 Å². The van der Waals surface area contributed by atoms with Crippen LogP contribution in [0.3, 0.4) is 0 Å². The lowest BCUT2D eigenvalue weighted by Gasteiger charge is -2.04. The molecule has 0 radical (unpaired) electrons. The van der Waals surface area contributed by atoms with Gasteiger partial charge in [-0.2, -0.15) is 0 Å². The van der Waals surface area contributed by atoms with Crippen LogP contribution in [0.15, 0.2) is 0 Å². The molecule has 0 aromatic rings. The van der Waals surface area contributed by atoms with Crippen LogP contribution >= 0.6 is 0 Å². The van der Waals surface area contributed by atoms with Gasteiger partial charge in [0.05, 0.1) is 0 Å². The van der Waals surface area contributed by atoms with Gasteiger partial charge in [-0.15, -0.1) is 0 Å². The highest BCUT2D eigenvalue weighted by atomic mass is 19.1. The second-order valence-electron chi connectivity index (χ2n) is 6.90. The van der Waals surface area contributed by atoms with Gasteiger partial charge in [0.1, 0.15) is 0 Å². The van der Waals surface area contributed by atoms with Crippen LogP contribution in [-0.2, 0) is 4.79 Å². The third kappa shape index (κ3) is 17.6. The highest BCUT2D eigenvalue weighted by molar-refractivity contribution is 5.71. The summed E-state index contributed by atoms with van der Waals surface area (Å²) in [6.45, 7) is 2.26. The second-order valence-corrected chi connectivity index (χ2v) is 6.90. The summed E-state index contributed by atoms with van der Waals surface area (Å²) in [5.74, 6) is -1.31. The van der Waals surface area contributed by atoms with Crippen LogP contribution in [-0.4, -0.2) is 17.2 Å². The molecule has 0 bridgehead atoms. The van der Waals surface area contributed by atoms with Crippen molar-refractivity contribution < 1.29 is 14.3 Å². The van der Waals surface area contributed by atoms with Crippen molar-refractivity contribution in [1.29, 1.82) is 0 Å². The standard InChI is InChI=1S/C20H39FO2/c1-2-3-4-5-6-7-8-9-10-11-12-13-14-15-16-17-18-19(21)20(22)23/h19H,2-18H2,1H3,(H,22,23)/t19-/m0/s1. The van der Waals surface area contributed by atoms with Crippen LogP contribution in [0.5, 0.6) is 0 Å². The molecule has 0 fully saturated rings. The minimum atomic E-state index is -1.67. The number of carbonyl (C=O) groups is 1. The quantitative estimate of drug-likeness (QED) is 0.273. The Hall–Kier alpha value is -0.600. The number of rotatable bonds is 18. The Morgan fingerprint density at radius 1 is 0.696 bits per heavy atom. The zero-order valence-corrected chi connectivity index (χ0v) is 15.3. The monoisotopic (exact) mass is 330 g/mol. The molecule has 0 amide bonds. The van der Waals surface area contributed by atoms with Crippen molar-refractivity contribution in [3.8, 4) is 0 Å². The van der Waals surface area contributed by atoms with E-state index < -0.39 is 12.1 Å². The maximum absolute atomic E-state index is 12.8. The van der Waals surface area contributed by atoms with Gasteiger partial charge in [0, 0.05) is 0 Å². The number of hydrogen-bond donors (Lipinski definition) is 1. The van der Waals surface area contributed by atoms with E-state index in [2.05, 4.69) is 6.92 Å². The number of aliphatic carboxylic acids is 1. The number of hydrogen-bond acceptors (Lipinski definition) is 1. The molecule has 3 heteroatoms. The lowest BCUT2D eigenvalue weighted by Crippen LogP contribution is -2.13. The molecule has 0 saturated heterocycles. The highest BCUT2D eigenvalue weighted by Crippen LogP contribution is 2.14. The number of alkyl halides is 1. The summed E-state index contributed by atoms with van der Waals surface area (Å²) in [5.41, 5.74) is 0. The van der Waals surface area contributed by atoms with Crippen LogP contribution in [0.1, 0.15) is 116 Å². The Labute approximate surface area is 143 Å². The average Bonchev–Trinajstić information content (AvgIpc) is 2.54. The third-order valence-electron chi connectivity index (χ3n) is 4.58. The van der Waals surface area contributed by atoms with Gasteiger partial charge < -0.3 is 5.11 Å². The molecule has 0 aliphatic heterocycles. The van der Waals surface area contributed by atoms with Crippen LogP contribution < -0.4 is 0 Å². The minimum absolute atomic E-state index is 0.174. The summed E-state index contributed by atoms with van der Waals surface area (Å²) in [5, 5.41) is 8.43. The summed E-state index contributed by atoms with van der Waals surface area (Å²) in [7, 11) is 0. The Morgan fingerprint density at radius 2 is 1.00 bits per heavy atom. The molecule has 0 aromatic heterocycles. The van der Waals surface area contributed by atoms with Gasteiger partial charge in [-0.3, -0.25) is 0 Å². The number of halogens is 1. The second kappa shape index (κ2) is 17.7. The molecule has 2 nitrogen and oxygen atoms in total. The van der Waals surface area contributed by atoms with E-state index >= 15 is 0 Å². The summed E-state index contributed by atoms with van der Waals surface area (Å²) in [4.78, 5) is 10.3. The van der Waals surface area contributed by atoms with E-state index in [1.807, 2.05) is 0 Å². The van der Waals surface area contributed by atoms with E-state index in [-0.39, 0.29) is 6.42 Å². The van der Waals surface area contributed by atoms with E-state index in [0.29, 0.717) is 6.42 Å². The van der Waals surface area contributed by atoms with E-state index in [4.69, 9.17) is 5.11 Å². The molecule has 0 aliphatic rings. The Balaban J connectivity index is 3.04. The predicted octanol–water partition coefficient (Wildman–Crippen LogP) is 7.06.